The summed E-state index contributed by atoms with van der Waals surface area (Å²) in [6.45, 7) is 0. The van der Waals surface area contributed by atoms with E-state index in [-0.39, 0.29) is 5.56 Å². The molecule has 106 valence electrons. The molecule has 1 unspecified atom stereocenters. The van der Waals surface area contributed by atoms with Crippen molar-refractivity contribution in [2.45, 2.75) is 6.04 Å². The smallest absolute Gasteiger partial charge is 0.128 e. The monoisotopic (exact) mass is 284 g/mol. The van der Waals surface area contributed by atoms with Gasteiger partial charge in [0.05, 0.1) is 11.6 Å². The summed E-state index contributed by atoms with van der Waals surface area (Å²) >= 11 is 0. The highest BCUT2D eigenvalue weighted by Gasteiger charge is 2.19. The van der Waals surface area contributed by atoms with Crippen molar-refractivity contribution in [3.8, 4) is 0 Å². The fraction of sp³-hybridized carbons (Fsp3) is 0.118. The molecular weight excluding hydrogens is 270 g/mol. The average Bonchev–Trinajstić information content (AvgIpc) is 2.51. The third-order valence-corrected chi connectivity index (χ3v) is 3.55. The van der Waals surface area contributed by atoms with Gasteiger partial charge in [0.1, 0.15) is 11.6 Å². The van der Waals surface area contributed by atoms with Crippen LogP contribution in [-0.4, -0.2) is 12.0 Å². The van der Waals surface area contributed by atoms with Crippen LogP contribution >= 0.6 is 0 Å². The van der Waals surface area contributed by atoms with Gasteiger partial charge in [-0.15, -0.1) is 0 Å². The van der Waals surface area contributed by atoms with Crippen molar-refractivity contribution in [1.82, 2.24) is 10.3 Å². The van der Waals surface area contributed by atoms with Gasteiger partial charge in [-0.1, -0.05) is 18.2 Å². The van der Waals surface area contributed by atoms with Crippen LogP contribution in [0.15, 0.2) is 54.7 Å². The lowest BCUT2D eigenvalue weighted by molar-refractivity contribution is 0.559. The van der Waals surface area contributed by atoms with Crippen molar-refractivity contribution in [1.29, 1.82) is 0 Å². The molecule has 1 atom stereocenters. The van der Waals surface area contributed by atoms with Gasteiger partial charge in [-0.25, -0.2) is 8.78 Å². The molecule has 1 N–H and O–H groups in total. The molecule has 0 amide bonds. The van der Waals surface area contributed by atoms with Gasteiger partial charge in [0.15, 0.2) is 0 Å². The number of para-hydroxylation sites is 1. The molecule has 3 rings (SSSR count). The highest BCUT2D eigenvalue weighted by molar-refractivity contribution is 5.82. The molecule has 0 spiro atoms. The van der Waals surface area contributed by atoms with Crippen LogP contribution in [0.5, 0.6) is 0 Å². The molecule has 4 heteroatoms. The Kier molecular flexibility index (Phi) is 3.62. The first-order chi connectivity index (χ1) is 10.2. The molecule has 21 heavy (non-hydrogen) atoms. The van der Waals surface area contributed by atoms with Gasteiger partial charge >= 0.3 is 0 Å². The molecule has 2 nitrogen and oxygen atoms in total. The Hall–Kier alpha value is -2.33. The summed E-state index contributed by atoms with van der Waals surface area (Å²) in [6.07, 6.45) is 1.68. The fourth-order valence-electron chi connectivity index (χ4n) is 2.58. The normalized spacial score (nSPS) is 12.5. The summed E-state index contributed by atoms with van der Waals surface area (Å²) in [7, 11) is 1.73. The Morgan fingerprint density at radius 2 is 1.81 bits per heavy atom. The Morgan fingerprint density at radius 1 is 1.00 bits per heavy atom. The van der Waals surface area contributed by atoms with Crippen molar-refractivity contribution in [3.63, 3.8) is 0 Å². The van der Waals surface area contributed by atoms with Gasteiger partial charge in [0.2, 0.25) is 0 Å². The summed E-state index contributed by atoms with van der Waals surface area (Å²) in [4.78, 5) is 4.30. The van der Waals surface area contributed by atoms with Crippen LogP contribution in [0.2, 0.25) is 0 Å². The minimum atomic E-state index is -0.454. The molecule has 0 saturated carbocycles. The Bertz CT molecular complexity index is 781. The summed E-state index contributed by atoms with van der Waals surface area (Å²) < 4.78 is 27.5. The number of halogens is 2. The maximum atomic E-state index is 14.1. The molecular formula is C17H14F2N2. The van der Waals surface area contributed by atoms with Gasteiger partial charge in [0.25, 0.3) is 0 Å². The molecule has 3 aromatic rings. The van der Waals surface area contributed by atoms with E-state index >= 15 is 0 Å². The van der Waals surface area contributed by atoms with E-state index in [1.807, 2.05) is 30.3 Å². The number of benzene rings is 2. The lowest BCUT2D eigenvalue weighted by Gasteiger charge is -2.19. The van der Waals surface area contributed by atoms with E-state index in [1.165, 1.54) is 6.07 Å². The summed E-state index contributed by atoms with van der Waals surface area (Å²) in [5.74, 6) is -0.887. The van der Waals surface area contributed by atoms with Crippen LogP contribution in [0.3, 0.4) is 0 Å². The molecule has 0 aliphatic rings. The number of nitrogens with one attached hydrogen (secondary N) is 1. The SMILES string of the molecule is CNC(c1cc(F)ccc1F)c1ccnc2ccccc12. The zero-order valence-electron chi connectivity index (χ0n) is 11.5. The summed E-state index contributed by atoms with van der Waals surface area (Å²) in [5.41, 5.74) is 1.98. The number of pyridine rings is 1. The standard InChI is InChI=1S/C17H14F2N2/c1-20-17(14-10-11(18)6-7-15(14)19)13-8-9-21-16-5-3-2-4-12(13)16/h2-10,17,20H,1H3. The molecule has 0 saturated heterocycles. The van der Waals surface area contributed by atoms with Gasteiger partial charge in [-0.3, -0.25) is 4.98 Å². The zero-order valence-corrected chi connectivity index (χ0v) is 11.5. The largest absolute Gasteiger partial charge is 0.309 e. The van der Waals surface area contributed by atoms with E-state index in [0.717, 1.165) is 28.6 Å². The Balaban J connectivity index is 2.21. The first kappa shape index (κ1) is 13.6. The lowest BCUT2D eigenvalue weighted by Crippen LogP contribution is -2.19. The average molecular weight is 284 g/mol. The van der Waals surface area contributed by atoms with Crippen LogP contribution in [0, 0.1) is 11.6 Å². The maximum absolute atomic E-state index is 14.1. The highest BCUT2D eigenvalue weighted by Crippen LogP contribution is 2.29. The molecule has 2 aromatic carbocycles. The van der Waals surface area contributed by atoms with Gasteiger partial charge < -0.3 is 5.32 Å². The zero-order chi connectivity index (χ0) is 14.8. The topological polar surface area (TPSA) is 24.9 Å². The van der Waals surface area contributed by atoms with Gasteiger partial charge in [0, 0.05) is 17.1 Å². The van der Waals surface area contributed by atoms with E-state index in [2.05, 4.69) is 10.3 Å². The van der Waals surface area contributed by atoms with Crippen molar-refractivity contribution in [2.24, 2.45) is 0 Å². The quantitative estimate of drug-likeness (QED) is 0.791. The van der Waals surface area contributed by atoms with E-state index in [4.69, 9.17) is 0 Å². The third-order valence-electron chi connectivity index (χ3n) is 3.55. The van der Waals surface area contributed by atoms with Gasteiger partial charge in [-0.05, 0) is 42.9 Å². The van der Waals surface area contributed by atoms with Crippen LogP contribution in [0.4, 0.5) is 8.78 Å². The van der Waals surface area contributed by atoms with E-state index in [0.29, 0.717) is 0 Å². The minimum absolute atomic E-state index is 0.286. The maximum Gasteiger partial charge on any atom is 0.128 e. The highest BCUT2D eigenvalue weighted by atomic mass is 19.1. The second-order valence-corrected chi connectivity index (χ2v) is 4.80. The second kappa shape index (κ2) is 5.58. The number of fused-ring (bicyclic) bond motifs is 1. The van der Waals surface area contributed by atoms with Crippen molar-refractivity contribution in [3.05, 3.63) is 77.5 Å². The van der Waals surface area contributed by atoms with Crippen LogP contribution in [0.25, 0.3) is 10.9 Å². The van der Waals surface area contributed by atoms with Crippen molar-refractivity contribution in [2.75, 3.05) is 7.05 Å². The Morgan fingerprint density at radius 3 is 2.62 bits per heavy atom. The van der Waals surface area contributed by atoms with Crippen LogP contribution in [-0.2, 0) is 0 Å². The van der Waals surface area contributed by atoms with Crippen LogP contribution < -0.4 is 5.32 Å². The molecule has 0 radical (unpaired) electrons. The molecule has 1 heterocycles. The van der Waals surface area contributed by atoms with Crippen LogP contribution in [0.1, 0.15) is 17.2 Å². The molecule has 0 aliphatic carbocycles. The summed E-state index contributed by atoms with van der Waals surface area (Å²) in [5, 5.41) is 3.98. The molecule has 0 bridgehead atoms. The number of hydrogen-bond donors (Lipinski definition) is 1. The molecule has 0 aliphatic heterocycles. The van der Waals surface area contributed by atoms with E-state index in [1.54, 1.807) is 13.2 Å². The number of rotatable bonds is 3. The lowest BCUT2D eigenvalue weighted by atomic mass is 9.95. The first-order valence-electron chi connectivity index (χ1n) is 6.66. The Labute approximate surface area is 121 Å². The van der Waals surface area contributed by atoms with Gasteiger partial charge in [-0.2, -0.15) is 0 Å². The van der Waals surface area contributed by atoms with E-state index < -0.39 is 17.7 Å². The predicted molar refractivity (Wildman–Crippen MR) is 79.0 cm³/mol. The molecule has 1 aromatic heterocycles. The predicted octanol–water partition coefficient (Wildman–Crippen LogP) is 3.82. The fourth-order valence-corrected chi connectivity index (χ4v) is 2.58. The second-order valence-electron chi connectivity index (χ2n) is 4.80. The first-order valence-corrected chi connectivity index (χ1v) is 6.66. The van der Waals surface area contributed by atoms with E-state index in [9.17, 15) is 8.78 Å². The van der Waals surface area contributed by atoms with Crippen molar-refractivity contribution < 1.29 is 8.78 Å². The summed E-state index contributed by atoms with van der Waals surface area (Å²) in [6, 6.07) is 12.5. The molecule has 0 fully saturated rings. The van der Waals surface area contributed by atoms with Crippen molar-refractivity contribution >= 4 is 10.9 Å². The third kappa shape index (κ3) is 2.50. The number of aromatic nitrogens is 1. The number of nitrogens with zero attached hydrogens (tertiary/aromatic N) is 1. The number of hydrogen-bond acceptors (Lipinski definition) is 2. The minimum Gasteiger partial charge on any atom is -0.309 e.